The van der Waals surface area contributed by atoms with Crippen LogP contribution >= 0.6 is 0 Å². The molecule has 0 aliphatic heterocycles. The number of rotatable bonds is 17. The quantitative estimate of drug-likeness (QED) is 0.285. The lowest BCUT2D eigenvalue weighted by Crippen LogP contribution is -2.05. The van der Waals surface area contributed by atoms with Gasteiger partial charge in [0.05, 0.1) is 6.61 Å². The fraction of sp³-hybridized carbons (Fsp3) is 0.708. The molecule has 3 nitrogen and oxygen atoms in total. The Kier molecular flexibility index (Phi) is 13.5. The first-order valence-electron chi connectivity index (χ1n) is 11.1. The van der Waals surface area contributed by atoms with Crippen molar-refractivity contribution in [1.29, 1.82) is 0 Å². The molecule has 3 heteroatoms. The highest BCUT2D eigenvalue weighted by atomic mass is 16.5. The molecule has 0 bridgehead atoms. The molecular weight excluding hydrogens is 336 g/mol. The number of carbonyl (C=O) groups is 1. The molecule has 0 heterocycles. The minimum atomic E-state index is -0.922. The van der Waals surface area contributed by atoms with Crippen molar-refractivity contribution in [1.82, 2.24) is 0 Å². The van der Waals surface area contributed by atoms with Crippen molar-refractivity contribution >= 4 is 5.97 Å². The van der Waals surface area contributed by atoms with Gasteiger partial charge < -0.3 is 9.84 Å². The summed E-state index contributed by atoms with van der Waals surface area (Å²) in [6, 6.07) is 5.33. The summed E-state index contributed by atoms with van der Waals surface area (Å²) in [6.07, 6.45) is 18.6. The summed E-state index contributed by atoms with van der Waals surface area (Å²) in [5.41, 5.74) is 1.21. The molecule has 0 amide bonds. The zero-order chi connectivity index (χ0) is 19.7. The van der Waals surface area contributed by atoms with E-state index in [1.807, 2.05) is 13.0 Å². The summed E-state index contributed by atoms with van der Waals surface area (Å²) in [6.45, 7) is 4.76. The molecule has 1 N–H and O–H groups in total. The molecule has 154 valence electrons. The van der Waals surface area contributed by atoms with Crippen LogP contribution in [0.15, 0.2) is 18.2 Å². The third-order valence-corrected chi connectivity index (χ3v) is 5.12. The van der Waals surface area contributed by atoms with Crippen molar-refractivity contribution in [3.05, 3.63) is 29.3 Å². The lowest BCUT2D eigenvalue weighted by molar-refractivity contribution is 0.0692. The number of benzene rings is 1. The Balaban J connectivity index is 1.93. The summed E-state index contributed by atoms with van der Waals surface area (Å²) in [4.78, 5) is 11.3. The summed E-state index contributed by atoms with van der Waals surface area (Å²) in [7, 11) is 0. The number of carboxylic acids is 1. The van der Waals surface area contributed by atoms with Gasteiger partial charge in [0.1, 0.15) is 11.3 Å². The molecule has 0 unspecified atom stereocenters. The average Bonchev–Trinajstić information content (AvgIpc) is 2.65. The zero-order valence-electron chi connectivity index (χ0n) is 17.6. The first-order valence-corrected chi connectivity index (χ1v) is 11.1. The van der Waals surface area contributed by atoms with E-state index < -0.39 is 5.97 Å². The Hall–Kier alpha value is -1.51. The number of unbranched alkanes of at least 4 members (excludes halogenated alkanes) is 13. The van der Waals surface area contributed by atoms with Crippen LogP contribution in [0.3, 0.4) is 0 Å². The van der Waals surface area contributed by atoms with Crippen LogP contribution in [0.25, 0.3) is 0 Å². The van der Waals surface area contributed by atoms with Crippen molar-refractivity contribution in [2.45, 2.75) is 104 Å². The average molecular weight is 377 g/mol. The molecule has 0 saturated heterocycles. The van der Waals surface area contributed by atoms with Crippen LogP contribution in [0.1, 0.15) is 113 Å². The molecular formula is C24H40O3. The predicted octanol–water partition coefficient (Wildman–Crippen LogP) is 7.55. The van der Waals surface area contributed by atoms with Crippen molar-refractivity contribution in [3.63, 3.8) is 0 Å². The number of ether oxygens (including phenoxy) is 1. The highest BCUT2D eigenvalue weighted by Gasteiger charge is 2.11. The Bertz CT molecular complexity index is 510. The molecule has 0 spiro atoms. The number of carboxylic acid groups (broad SMARTS) is 1. The second kappa shape index (κ2) is 15.5. The van der Waals surface area contributed by atoms with Crippen LogP contribution in [-0.4, -0.2) is 17.7 Å². The molecule has 0 fully saturated rings. The van der Waals surface area contributed by atoms with Crippen LogP contribution in [-0.2, 0) is 0 Å². The maximum atomic E-state index is 11.3. The largest absolute Gasteiger partial charge is 0.493 e. The Morgan fingerprint density at radius 3 is 1.78 bits per heavy atom. The summed E-state index contributed by atoms with van der Waals surface area (Å²) in [5, 5.41) is 9.24. The first-order chi connectivity index (χ1) is 13.1. The number of aryl methyl sites for hydroxylation is 1. The van der Waals surface area contributed by atoms with Crippen molar-refractivity contribution < 1.29 is 14.6 Å². The van der Waals surface area contributed by atoms with Gasteiger partial charge in [-0.2, -0.15) is 0 Å². The van der Waals surface area contributed by atoms with Crippen molar-refractivity contribution in [2.24, 2.45) is 0 Å². The molecule has 27 heavy (non-hydrogen) atoms. The lowest BCUT2D eigenvalue weighted by atomic mass is 10.0. The SMILES string of the molecule is CCCCCCCCCCCCCCCCOc1ccc(C)cc1C(=O)O. The van der Waals surface area contributed by atoms with Gasteiger partial charge in [0.15, 0.2) is 0 Å². The number of hydrogen-bond acceptors (Lipinski definition) is 2. The molecule has 0 aromatic heterocycles. The van der Waals surface area contributed by atoms with E-state index in [1.165, 1.54) is 77.0 Å². The Morgan fingerprint density at radius 2 is 1.30 bits per heavy atom. The molecule has 0 saturated carbocycles. The van der Waals surface area contributed by atoms with Gasteiger partial charge in [-0.15, -0.1) is 0 Å². The van der Waals surface area contributed by atoms with Crippen molar-refractivity contribution in [3.8, 4) is 5.75 Å². The minimum Gasteiger partial charge on any atom is -0.493 e. The van der Waals surface area contributed by atoms with Crippen LogP contribution in [0.5, 0.6) is 5.75 Å². The monoisotopic (exact) mass is 376 g/mol. The van der Waals surface area contributed by atoms with E-state index >= 15 is 0 Å². The fourth-order valence-electron chi connectivity index (χ4n) is 3.42. The van der Waals surface area contributed by atoms with E-state index in [2.05, 4.69) is 6.92 Å². The normalized spacial score (nSPS) is 10.9. The van der Waals surface area contributed by atoms with Crippen LogP contribution in [0.4, 0.5) is 0 Å². The van der Waals surface area contributed by atoms with Gasteiger partial charge in [-0.3, -0.25) is 0 Å². The summed E-state index contributed by atoms with van der Waals surface area (Å²) in [5.74, 6) is -0.433. The number of hydrogen-bond donors (Lipinski definition) is 1. The Morgan fingerprint density at radius 1 is 0.815 bits per heavy atom. The summed E-state index contributed by atoms with van der Waals surface area (Å²) >= 11 is 0. The second-order valence-electron chi connectivity index (χ2n) is 7.75. The van der Waals surface area contributed by atoms with E-state index in [1.54, 1.807) is 12.1 Å². The standard InChI is InChI=1S/C24H40O3/c1-3-4-5-6-7-8-9-10-11-12-13-14-15-16-19-27-23-18-17-21(2)20-22(23)24(25)26/h17-18,20H,3-16,19H2,1-2H3,(H,25,26). The fourth-order valence-corrected chi connectivity index (χ4v) is 3.42. The number of aromatic carboxylic acids is 1. The van der Waals surface area contributed by atoms with Gasteiger partial charge in [-0.25, -0.2) is 4.79 Å². The third kappa shape index (κ3) is 11.7. The van der Waals surface area contributed by atoms with E-state index in [0.29, 0.717) is 12.4 Å². The second-order valence-corrected chi connectivity index (χ2v) is 7.75. The minimum absolute atomic E-state index is 0.264. The first kappa shape index (κ1) is 23.5. The molecule has 1 rings (SSSR count). The highest BCUT2D eigenvalue weighted by Crippen LogP contribution is 2.20. The van der Waals surface area contributed by atoms with E-state index in [-0.39, 0.29) is 5.56 Å². The molecule has 1 aromatic carbocycles. The van der Waals surface area contributed by atoms with Gasteiger partial charge in [-0.05, 0) is 25.5 Å². The van der Waals surface area contributed by atoms with Crippen molar-refractivity contribution in [2.75, 3.05) is 6.61 Å². The van der Waals surface area contributed by atoms with Gasteiger partial charge in [0.2, 0.25) is 0 Å². The topological polar surface area (TPSA) is 46.5 Å². The van der Waals surface area contributed by atoms with Gasteiger partial charge in [-0.1, -0.05) is 102 Å². The maximum absolute atomic E-state index is 11.3. The van der Waals surface area contributed by atoms with Gasteiger partial charge in [0, 0.05) is 0 Å². The summed E-state index contributed by atoms with van der Waals surface area (Å²) < 4.78 is 5.68. The third-order valence-electron chi connectivity index (χ3n) is 5.12. The molecule has 0 radical (unpaired) electrons. The molecule has 1 aromatic rings. The van der Waals surface area contributed by atoms with E-state index in [4.69, 9.17) is 4.74 Å². The Labute approximate surface area is 166 Å². The zero-order valence-corrected chi connectivity index (χ0v) is 17.6. The molecule has 0 aliphatic rings. The van der Waals surface area contributed by atoms with Crippen LogP contribution < -0.4 is 4.74 Å². The van der Waals surface area contributed by atoms with Crippen LogP contribution in [0.2, 0.25) is 0 Å². The van der Waals surface area contributed by atoms with E-state index in [0.717, 1.165) is 18.4 Å². The van der Waals surface area contributed by atoms with Gasteiger partial charge in [0.25, 0.3) is 0 Å². The van der Waals surface area contributed by atoms with E-state index in [9.17, 15) is 9.90 Å². The van der Waals surface area contributed by atoms with Gasteiger partial charge >= 0.3 is 5.97 Å². The molecule has 0 aliphatic carbocycles. The lowest BCUT2D eigenvalue weighted by Gasteiger charge is -2.10. The predicted molar refractivity (Wildman–Crippen MR) is 114 cm³/mol. The van der Waals surface area contributed by atoms with Crippen LogP contribution in [0, 0.1) is 6.92 Å². The molecule has 0 atom stereocenters. The highest BCUT2D eigenvalue weighted by molar-refractivity contribution is 5.91. The smallest absolute Gasteiger partial charge is 0.339 e. The maximum Gasteiger partial charge on any atom is 0.339 e.